The van der Waals surface area contributed by atoms with Crippen LogP contribution in [0.25, 0.3) is 0 Å². The first kappa shape index (κ1) is 17.5. The quantitative estimate of drug-likeness (QED) is 0.714. The summed E-state index contributed by atoms with van der Waals surface area (Å²) in [6.07, 6.45) is 0.329. The Kier molecular flexibility index (Phi) is 7.19. The fourth-order valence-electron chi connectivity index (χ4n) is 1.71. The van der Waals surface area contributed by atoms with Crippen LogP contribution < -0.4 is 10.1 Å². The lowest BCUT2D eigenvalue weighted by atomic mass is 10.1. The topological polar surface area (TPSA) is 67.8 Å². The molecule has 2 N–H and O–H groups in total. The Balaban J connectivity index is 2.33. The summed E-state index contributed by atoms with van der Waals surface area (Å²) in [4.78, 5) is 11.7. The number of rotatable bonds is 8. The Morgan fingerprint density at radius 2 is 1.86 bits per heavy atom. The average Bonchev–Trinajstić information content (AvgIpc) is 2.39. The SMILES string of the molecule is CC(C)(C)Oc1ccc(CC(=O)NCCOCCO)cc1. The van der Waals surface area contributed by atoms with Crippen molar-refractivity contribution < 1.29 is 19.4 Å². The molecule has 0 aliphatic heterocycles. The van der Waals surface area contributed by atoms with Crippen LogP contribution in [0.4, 0.5) is 0 Å². The van der Waals surface area contributed by atoms with Gasteiger partial charge in [0.25, 0.3) is 0 Å². The molecule has 1 amide bonds. The average molecular weight is 295 g/mol. The van der Waals surface area contributed by atoms with Gasteiger partial charge in [-0.1, -0.05) is 12.1 Å². The molecule has 0 heterocycles. The van der Waals surface area contributed by atoms with Gasteiger partial charge in [-0.15, -0.1) is 0 Å². The van der Waals surface area contributed by atoms with Gasteiger partial charge in [-0.2, -0.15) is 0 Å². The Bertz CT molecular complexity index is 423. The van der Waals surface area contributed by atoms with Crippen LogP contribution in [0.15, 0.2) is 24.3 Å². The Labute approximate surface area is 126 Å². The Morgan fingerprint density at radius 1 is 1.19 bits per heavy atom. The number of aliphatic hydroxyl groups is 1. The summed E-state index contributed by atoms with van der Waals surface area (Å²) in [5.41, 5.74) is 0.707. The molecule has 0 aromatic heterocycles. The number of amides is 1. The molecule has 0 spiro atoms. The third kappa shape index (κ3) is 8.32. The van der Waals surface area contributed by atoms with Crippen LogP contribution >= 0.6 is 0 Å². The van der Waals surface area contributed by atoms with E-state index in [0.29, 0.717) is 26.2 Å². The van der Waals surface area contributed by atoms with Crippen molar-refractivity contribution in [3.63, 3.8) is 0 Å². The van der Waals surface area contributed by atoms with Crippen LogP contribution in [0.3, 0.4) is 0 Å². The van der Waals surface area contributed by atoms with Gasteiger partial charge < -0.3 is 19.9 Å². The highest BCUT2D eigenvalue weighted by Crippen LogP contribution is 2.18. The molecular weight excluding hydrogens is 270 g/mol. The van der Waals surface area contributed by atoms with Crippen molar-refractivity contribution >= 4 is 5.91 Å². The molecule has 5 heteroatoms. The number of carbonyl (C=O) groups is 1. The van der Waals surface area contributed by atoms with Gasteiger partial charge in [0.1, 0.15) is 11.4 Å². The fourth-order valence-corrected chi connectivity index (χ4v) is 1.71. The first-order chi connectivity index (χ1) is 9.90. The number of carbonyl (C=O) groups excluding carboxylic acids is 1. The molecule has 0 bridgehead atoms. The number of benzene rings is 1. The summed E-state index contributed by atoms with van der Waals surface area (Å²) >= 11 is 0. The molecule has 118 valence electrons. The van der Waals surface area contributed by atoms with Gasteiger partial charge in [-0.05, 0) is 38.5 Å². The van der Waals surface area contributed by atoms with Crippen molar-refractivity contribution in [2.24, 2.45) is 0 Å². The van der Waals surface area contributed by atoms with E-state index in [-0.39, 0.29) is 18.1 Å². The van der Waals surface area contributed by atoms with E-state index >= 15 is 0 Å². The molecule has 0 aliphatic carbocycles. The lowest BCUT2D eigenvalue weighted by Gasteiger charge is -2.21. The molecule has 1 rings (SSSR count). The second-order valence-corrected chi connectivity index (χ2v) is 5.72. The monoisotopic (exact) mass is 295 g/mol. The molecule has 1 aromatic rings. The van der Waals surface area contributed by atoms with E-state index in [2.05, 4.69) is 5.32 Å². The maximum absolute atomic E-state index is 11.7. The van der Waals surface area contributed by atoms with Crippen LogP contribution in [0.1, 0.15) is 26.3 Å². The minimum absolute atomic E-state index is 0.00304. The highest BCUT2D eigenvalue weighted by atomic mass is 16.5. The summed E-state index contributed by atoms with van der Waals surface area (Å²) in [6.45, 7) is 7.13. The summed E-state index contributed by atoms with van der Waals surface area (Å²) < 4.78 is 10.8. The minimum Gasteiger partial charge on any atom is -0.488 e. The van der Waals surface area contributed by atoms with Crippen LogP contribution in [0.5, 0.6) is 5.75 Å². The Hall–Kier alpha value is -1.59. The number of ether oxygens (including phenoxy) is 2. The third-order valence-electron chi connectivity index (χ3n) is 2.52. The van der Waals surface area contributed by atoms with E-state index in [0.717, 1.165) is 11.3 Å². The smallest absolute Gasteiger partial charge is 0.224 e. The van der Waals surface area contributed by atoms with E-state index < -0.39 is 0 Å². The van der Waals surface area contributed by atoms with E-state index in [1.165, 1.54) is 0 Å². The molecule has 1 aromatic carbocycles. The number of hydrogen-bond donors (Lipinski definition) is 2. The predicted molar refractivity (Wildman–Crippen MR) is 81.4 cm³/mol. The predicted octanol–water partition coefficient (Wildman–Crippen LogP) is 1.53. The normalized spacial score (nSPS) is 11.2. The lowest BCUT2D eigenvalue weighted by Crippen LogP contribution is -2.29. The molecule has 0 unspecified atom stereocenters. The van der Waals surface area contributed by atoms with E-state index in [1.807, 2.05) is 45.0 Å². The third-order valence-corrected chi connectivity index (χ3v) is 2.52. The van der Waals surface area contributed by atoms with Crippen molar-refractivity contribution in [2.75, 3.05) is 26.4 Å². The van der Waals surface area contributed by atoms with Gasteiger partial charge in [0.2, 0.25) is 5.91 Å². The molecule has 0 saturated carbocycles. The molecule has 0 aliphatic rings. The van der Waals surface area contributed by atoms with E-state index in [1.54, 1.807) is 0 Å². The molecular formula is C16H25NO4. The maximum atomic E-state index is 11.7. The van der Waals surface area contributed by atoms with Gasteiger partial charge in [0.05, 0.1) is 26.2 Å². The summed E-state index contributed by atoms with van der Waals surface area (Å²) in [5, 5.41) is 11.3. The molecule has 0 saturated heterocycles. The van der Waals surface area contributed by atoms with Crippen LogP contribution in [-0.2, 0) is 16.0 Å². The second-order valence-electron chi connectivity index (χ2n) is 5.72. The second kappa shape index (κ2) is 8.64. The highest BCUT2D eigenvalue weighted by molar-refractivity contribution is 5.78. The van der Waals surface area contributed by atoms with Crippen molar-refractivity contribution in [1.82, 2.24) is 5.32 Å². The molecule has 5 nitrogen and oxygen atoms in total. The maximum Gasteiger partial charge on any atom is 0.224 e. The first-order valence-electron chi connectivity index (χ1n) is 7.14. The van der Waals surface area contributed by atoms with Gasteiger partial charge in [0.15, 0.2) is 0 Å². The van der Waals surface area contributed by atoms with Crippen molar-refractivity contribution in [3.05, 3.63) is 29.8 Å². The molecule has 0 radical (unpaired) electrons. The molecule has 0 atom stereocenters. The zero-order chi connectivity index (χ0) is 15.7. The zero-order valence-corrected chi connectivity index (χ0v) is 13.0. The van der Waals surface area contributed by atoms with Gasteiger partial charge in [0, 0.05) is 6.54 Å². The number of nitrogens with one attached hydrogen (secondary N) is 1. The van der Waals surface area contributed by atoms with Crippen LogP contribution in [0.2, 0.25) is 0 Å². The van der Waals surface area contributed by atoms with Crippen LogP contribution in [-0.4, -0.2) is 43.0 Å². The van der Waals surface area contributed by atoms with Gasteiger partial charge >= 0.3 is 0 Å². The summed E-state index contributed by atoms with van der Waals surface area (Å²) in [6, 6.07) is 7.53. The number of hydrogen-bond acceptors (Lipinski definition) is 4. The molecule has 0 fully saturated rings. The van der Waals surface area contributed by atoms with Crippen molar-refractivity contribution in [2.45, 2.75) is 32.8 Å². The standard InChI is InChI=1S/C16H25NO4/c1-16(2,3)21-14-6-4-13(5-7-14)12-15(19)17-8-10-20-11-9-18/h4-7,18H,8-12H2,1-3H3,(H,17,19). The minimum atomic E-state index is -0.229. The molecule has 21 heavy (non-hydrogen) atoms. The van der Waals surface area contributed by atoms with E-state index in [4.69, 9.17) is 14.6 Å². The fraction of sp³-hybridized carbons (Fsp3) is 0.562. The van der Waals surface area contributed by atoms with E-state index in [9.17, 15) is 4.79 Å². The number of aliphatic hydroxyl groups excluding tert-OH is 1. The van der Waals surface area contributed by atoms with Crippen molar-refractivity contribution in [1.29, 1.82) is 0 Å². The van der Waals surface area contributed by atoms with Crippen LogP contribution in [0, 0.1) is 0 Å². The summed E-state index contributed by atoms with van der Waals surface area (Å²) in [7, 11) is 0. The Morgan fingerprint density at radius 3 is 2.43 bits per heavy atom. The van der Waals surface area contributed by atoms with Gasteiger partial charge in [-0.25, -0.2) is 0 Å². The largest absolute Gasteiger partial charge is 0.488 e. The first-order valence-corrected chi connectivity index (χ1v) is 7.14. The van der Waals surface area contributed by atoms with Crippen molar-refractivity contribution in [3.8, 4) is 5.75 Å². The lowest BCUT2D eigenvalue weighted by molar-refractivity contribution is -0.120. The van der Waals surface area contributed by atoms with Gasteiger partial charge in [-0.3, -0.25) is 4.79 Å². The zero-order valence-electron chi connectivity index (χ0n) is 13.0. The highest BCUT2D eigenvalue weighted by Gasteiger charge is 2.11. The summed E-state index contributed by atoms with van der Waals surface area (Å²) in [5.74, 6) is 0.746.